The SMILES string of the molecule is CC(=O)N(CCNC(=O)c1ccccc1Cl)c1cc(C)ccc1C. The Morgan fingerprint density at radius 3 is 2.50 bits per heavy atom. The Bertz CT molecular complexity index is 759. The number of aryl methyl sites for hydroxylation is 2. The van der Waals surface area contributed by atoms with Crippen molar-refractivity contribution in [3.05, 3.63) is 64.2 Å². The molecule has 0 aliphatic rings. The van der Waals surface area contributed by atoms with Crippen LogP contribution in [-0.2, 0) is 4.79 Å². The van der Waals surface area contributed by atoms with E-state index >= 15 is 0 Å². The number of halogens is 1. The predicted molar refractivity (Wildman–Crippen MR) is 97.7 cm³/mol. The molecule has 2 rings (SSSR count). The molecule has 5 heteroatoms. The van der Waals surface area contributed by atoms with E-state index in [4.69, 9.17) is 11.6 Å². The molecule has 2 amide bonds. The quantitative estimate of drug-likeness (QED) is 0.898. The van der Waals surface area contributed by atoms with E-state index in [2.05, 4.69) is 5.32 Å². The lowest BCUT2D eigenvalue weighted by atomic mass is 10.1. The molecule has 0 bridgehead atoms. The highest BCUT2D eigenvalue weighted by Crippen LogP contribution is 2.21. The van der Waals surface area contributed by atoms with Gasteiger partial charge in [-0.05, 0) is 43.2 Å². The molecule has 24 heavy (non-hydrogen) atoms. The highest BCUT2D eigenvalue weighted by Gasteiger charge is 2.15. The molecule has 0 aliphatic carbocycles. The van der Waals surface area contributed by atoms with Crippen LogP contribution < -0.4 is 10.2 Å². The number of carbonyl (C=O) groups is 2. The largest absolute Gasteiger partial charge is 0.350 e. The third kappa shape index (κ3) is 4.36. The van der Waals surface area contributed by atoms with E-state index in [1.54, 1.807) is 29.2 Å². The fourth-order valence-corrected chi connectivity index (χ4v) is 2.70. The lowest BCUT2D eigenvalue weighted by Crippen LogP contribution is -2.38. The van der Waals surface area contributed by atoms with E-state index in [0.717, 1.165) is 16.8 Å². The third-order valence-corrected chi connectivity index (χ3v) is 4.10. The summed E-state index contributed by atoms with van der Waals surface area (Å²) in [5.74, 6) is -0.305. The van der Waals surface area contributed by atoms with Crippen molar-refractivity contribution < 1.29 is 9.59 Å². The molecule has 4 nitrogen and oxygen atoms in total. The number of benzene rings is 2. The first kappa shape index (κ1) is 18.0. The Labute approximate surface area is 147 Å². The van der Waals surface area contributed by atoms with E-state index in [1.165, 1.54) is 6.92 Å². The predicted octanol–water partition coefficient (Wildman–Crippen LogP) is 3.74. The molecule has 2 aromatic carbocycles. The van der Waals surface area contributed by atoms with Crippen molar-refractivity contribution in [2.45, 2.75) is 20.8 Å². The number of nitrogens with zero attached hydrogens (tertiary/aromatic N) is 1. The molecule has 0 fully saturated rings. The summed E-state index contributed by atoms with van der Waals surface area (Å²) < 4.78 is 0. The second-order valence-corrected chi connectivity index (χ2v) is 6.10. The summed E-state index contributed by atoms with van der Waals surface area (Å²) in [6.07, 6.45) is 0. The summed E-state index contributed by atoms with van der Waals surface area (Å²) in [5, 5.41) is 3.22. The van der Waals surface area contributed by atoms with E-state index in [-0.39, 0.29) is 11.8 Å². The smallest absolute Gasteiger partial charge is 0.252 e. The minimum Gasteiger partial charge on any atom is -0.350 e. The van der Waals surface area contributed by atoms with Gasteiger partial charge in [0, 0.05) is 25.7 Å². The van der Waals surface area contributed by atoms with Gasteiger partial charge in [-0.3, -0.25) is 9.59 Å². The molecule has 0 aromatic heterocycles. The second-order valence-electron chi connectivity index (χ2n) is 5.70. The summed E-state index contributed by atoms with van der Waals surface area (Å²) in [7, 11) is 0. The fourth-order valence-electron chi connectivity index (χ4n) is 2.48. The number of nitrogens with one attached hydrogen (secondary N) is 1. The van der Waals surface area contributed by atoms with Gasteiger partial charge in [-0.25, -0.2) is 0 Å². The zero-order chi connectivity index (χ0) is 17.7. The standard InChI is InChI=1S/C19H21ClN2O2/c1-13-8-9-14(2)18(12-13)22(15(3)23)11-10-21-19(24)16-6-4-5-7-17(16)20/h4-9,12H,10-11H2,1-3H3,(H,21,24). The molecule has 0 spiro atoms. The summed E-state index contributed by atoms with van der Waals surface area (Å²) in [4.78, 5) is 25.9. The number of hydrogen-bond donors (Lipinski definition) is 1. The molecule has 0 saturated carbocycles. The van der Waals surface area contributed by atoms with E-state index in [9.17, 15) is 9.59 Å². The molecule has 0 radical (unpaired) electrons. The van der Waals surface area contributed by atoms with Crippen LogP contribution >= 0.6 is 11.6 Å². The first-order valence-electron chi connectivity index (χ1n) is 7.78. The Morgan fingerprint density at radius 1 is 1.12 bits per heavy atom. The van der Waals surface area contributed by atoms with Crippen LogP contribution in [0.2, 0.25) is 5.02 Å². The van der Waals surface area contributed by atoms with Crippen molar-refractivity contribution in [1.29, 1.82) is 0 Å². The maximum absolute atomic E-state index is 12.2. The molecule has 1 N–H and O–H groups in total. The Morgan fingerprint density at radius 2 is 1.83 bits per heavy atom. The summed E-state index contributed by atoms with van der Waals surface area (Å²) in [6, 6.07) is 12.9. The van der Waals surface area contributed by atoms with E-state index in [0.29, 0.717) is 23.7 Å². The number of rotatable bonds is 5. The number of hydrogen-bond acceptors (Lipinski definition) is 2. The summed E-state index contributed by atoms with van der Waals surface area (Å²) in [6.45, 7) is 6.22. The minimum atomic E-state index is -0.245. The van der Waals surface area contributed by atoms with Crippen LogP contribution in [0.25, 0.3) is 0 Å². The van der Waals surface area contributed by atoms with Crippen molar-refractivity contribution >= 4 is 29.1 Å². The van der Waals surface area contributed by atoms with Crippen LogP contribution in [-0.4, -0.2) is 24.9 Å². The average molecular weight is 345 g/mol. The van der Waals surface area contributed by atoms with Gasteiger partial charge in [0.15, 0.2) is 0 Å². The first-order valence-corrected chi connectivity index (χ1v) is 8.16. The minimum absolute atomic E-state index is 0.0595. The highest BCUT2D eigenvalue weighted by molar-refractivity contribution is 6.33. The molecule has 0 aliphatic heterocycles. The number of amides is 2. The molecule has 0 heterocycles. The van der Waals surface area contributed by atoms with Crippen LogP contribution in [0.1, 0.15) is 28.4 Å². The highest BCUT2D eigenvalue weighted by atomic mass is 35.5. The first-order chi connectivity index (χ1) is 11.4. The molecule has 126 valence electrons. The monoisotopic (exact) mass is 344 g/mol. The topological polar surface area (TPSA) is 49.4 Å². The van der Waals surface area contributed by atoms with Gasteiger partial charge in [0.1, 0.15) is 0 Å². The van der Waals surface area contributed by atoms with Crippen LogP contribution in [0.4, 0.5) is 5.69 Å². The Balaban J connectivity index is 2.05. The molecular formula is C19H21ClN2O2. The number of anilines is 1. The van der Waals surface area contributed by atoms with Gasteiger partial charge in [-0.1, -0.05) is 35.9 Å². The van der Waals surface area contributed by atoms with E-state index < -0.39 is 0 Å². The average Bonchev–Trinajstić information content (AvgIpc) is 2.54. The summed E-state index contributed by atoms with van der Waals surface area (Å²) >= 11 is 6.02. The van der Waals surface area contributed by atoms with Crippen LogP contribution in [0.15, 0.2) is 42.5 Å². The van der Waals surface area contributed by atoms with Crippen molar-refractivity contribution in [2.24, 2.45) is 0 Å². The van der Waals surface area contributed by atoms with E-state index in [1.807, 2.05) is 32.0 Å². The van der Waals surface area contributed by atoms with Crippen LogP contribution in [0.5, 0.6) is 0 Å². The van der Waals surface area contributed by atoms with Crippen LogP contribution in [0, 0.1) is 13.8 Å². The van der Waals surface area contributed by atoms with Gasteiger partial charge < -0.3 is 10.2 Å². The molecule has 0 atom stereocenters. The maximum Gasteiger partial charge on any atom is 0.252 e. The van der Waals surface area contributed by atoms with Gasteiger partial charge in [0.05, 0.1) is 10.6 Å². The zero-order valence-electron chi connectivity index (χ0n) is 14.1. The van der Waals surface area contributed by atoms with Gasteiger partial charge in [0.25, 0.3) is 5.91 Å². The van der Waals surface area contributed by atoms with Crippen molar-refractivity contribution in [1.82, 2.24) is 5.32 Å². The van der Waals surface area contributed by atoms with Crippen molar-refractivity contribution in [2.75, 3.05) is 18.0 Å². The van der Waals surface area contributed by atoms with Gasteiger partial charge in [-0.2, -0.15) is 0 Å². The van der Waals surface area contributed by atoms with Crippen molar-refractivity contribution in [3.63, 3.8) is 0 Å². The molecular weight excluding hydrogens is 324 g/mol. The lowest BCUT2D eigenvalue weighted by molar-refractivity contribution is -0.116. The van der Waals surface area contributed by atoms with Gasteiger partial charge in [0.2, 0.25) is 5.91 Å². The third-order valence-electron chi connectivity index (χ3n) is 3.77. The normalized spacial score (nSPS) is 10.3. The Hall–Kier alpha value is -2.33. The zero-order valence-corrected chi connectivity index (χ0v) is 14.9. The van der Waals surface area contributed by atoms with Gasteiger partial charge >= 0.3 is 0 Å². The Kier molecular flexibility index (Phi) is 5.99. The lowest BCUT2D eigenvalue weighted by Gasteiger charge is -2.24. The molecule has 2 aromatic rings. The molecule has 0 saturated heterocycles. The number of carbonyl (C=O) groups excluding carboxylic acids is 2. The van der Waals surface area contributed by atoms with Crippen molar-refractivity contribution in [3.8, 4) is 0 Å². The second kappa shape index (κ2) is 7.97. The van der Waals surface area contributed by atoms with Gasteiger partial charge in [-0.15, -0.1) is 0 Å². The van der Waals surface area contributed by atoms with Crippen LogP contribution in [0.3, 0.4) is 0 Å². The molecule has 0 unspecified atom stereocenters. The summed E-state index contributed by atoms with van der Waals surface area (Å²) in [5.41, 5.74) is 3.41. The fraction of sp³-hybridized carbons (Fsp3) is 0.263. The maximum atomic E-state index is 12.2.